The lowest BCUT2D eigenvalue weighted by atomic mass is 10.0. The van der Waals surface area contributed by atoms with E-state index in [0.29, 0.717) is 11.3 Å². The molecule has 5 nitrogen and oxygen atoms in total. The van der Waals surface area contributed by atoms with Gasteiger partial charge < -0.3 is 5.32 Å². The van der Waals surface area contributed by atoms with Crippen LogP contribution in [-0.2, 0) is 22.9 Å². The summed E-state index contributed by atoms with van der Waals surface area (Å²) in [5.74, 6) is -0.203. The molecule has 2 N–H and O–H groups in total. The van der Waals surface area contributed by atoms with E-state index in [4.69, 9.17) is 0 Å². The molecular weight excluding hydrogens is 360 g/mol. The molecule has 0 aliphatic carbocycles. The van der Waals surface area contributed by atoms with E-state index in [2.05, 4.69) is 10.0 Å². The smallest absolute Gasteiger partial charge is 0.261 e. The summed E-state index contributed by atoms with van der Waals surface area (Å²) in [6, 6.07) is 11.9. The van der Waals surface area contributed by atoms with Crippen molar-refractivity contribution >= 4 is 21.6 Å². The first kappa shape index (κ1) is 21.0. The molecule has 0 spiro atoms. The maximum Gasteiger partial charge on any atom is 0.261 e. The molecule has 2 rings (SSSR count). The zero-order valence-electron chi connectivity index (χ0n) is 16.4. The van der Waals surface area contributed by atoms with Gasteiger partial charge in [-0.2, -0.15) is 0 Å². The van der Waals surface area contributed by atoms with Crippen molar-refractivity contribution in [1.29, 1.82) is 0 Å². The van der Waals surface area contributed by atoms with Gasteiger partial charge in [0.2, 0.25) is 0 Å². The predicted molar refractivity (Wildman–Crippen MR) is 110 cm³/mol. The summed E-state index contributed by atoms with van der Waals surface area (Å²) in [5.41, 5.74) is 3.02. The van der Waals surface area contributed by atoms with Gasteiger partial charge in [-0.15, -0.1) is 0 Å². The third kappa shape index (κ3) is 5.10. The maximum absolute atomic E-state index is 12.8. The van der Waals surface area contributed by atoms with Gasteiger partial charge in [-0.25, -0.2) is 8.42 Å². The Morgan fingerprint density at radius 3 is 2.00 bits per heavy atom. The van der Waals surface area contributed by atoms with Gasteiger partial charge in [0.25, 0.3) is 15.9 Å². The average molecular weight is 389 g/mol. The summed E-state index contributed by atoms with van der Waals surface area (Å²) in [5, 5.41) is 2.87. The molecule has 0 saturated carbocycles. The first-order valence-corrected chi connectivity index (χ1v) is 10.8. The molecule has 2 aromatic rings. The van der Waals surface area contributed by atoms with Crippen molar-refractivity contribution < 1.29 is 13.2 Å². The standard InChI is InChI=1S/C21H28N2O3S/c1-5-15(4)22-21(24)18-11-13-19(14-12-18)27(25,26)23-20-16(6-2)9-8-10-17(20)7-3/h8-15,23H,5-7H2,1-4H3,(H,22,24). The fourth-order valence-electron chi connectivity index (χ4n) is 2.76. The zero-order chi connectivity index (χ0) is 20.0. The number of hydrogen-bond donors (Lipinski definition) is 2. The average Bonchev–Trinajstić information content (AvgIpc) is 2.67. The van der Waals surface area contributed by atoms with Gasteiger partial charge in [-0.05, 0) is 61.6 Å². The minimum Gasteiger partial charge on any atom is -0.350 e. The number of para-hydroxylation sites is 1. The SMILES string of the molecule is CCc1cccc(CC)c1NS(=O)(=O)c1ccc(C(=O)NC(C)CC)cc1. The topological polar surface area (TPSA) is 75.3 Å². The molecule has 0 saturated heterocycles. The summed E-state index contributed by atoms with van der Waals surface area (Å²) in [7, 11) is -3.73. The molecule has 0 aromatic heterocycles. The lowest BCUT2D eigenvalue weighted by molar-refractivity contribution is 0.0939. The van der Waals surface area contributed by atoms with Crippen LogP contribution in [0.15, 0.2) is 47.4 Å². The number of aryl methyl sites for hydroxylation is 2. The Balaban J connectivity index is 2.27. The van der Waals surface area contributed by atoms with E-state index in [-0.39, 0.29) is 16.8 Å². The van der Waals surface area contributed by atoms with Crippen LogP contribution in [0.4, 0.5) is 5.69 Å². The Bertz CT molecular complexity index is 868. The molecule has 0 heterocycles. The minimum absolute atomic E-state index is 0.0700. The van der Waals surface area contributed by atoms with Crippen LogP contribution in [-0.4, -0.2) is 20.4 Å². The van der Waals surface area contributed by atoms with Gasteiger partial charge in [0.05, 0.1) is 10.6 Å². The Labute approximate surface area is 162 Å². The third-order valence-corrected chi connectivity index (χ3v) is 6.02. The molecule has 0 bridgehead atoms. The van der Waals surface area contributed by atoms with Gasteiger partial charge >= 0.3 is 0 Å². The summed E-state index contributed by atoms with van der Waals surface area (Å²) >= 11 is 0. The molecule has 146 valence electrons. The predicted octanol–water partition coefficient (Wildman–Crippen LogP) is 4.14. The highest BCUT2D eigenvalue weighted by Gasteiger charge is 2.18. The molecule has 0 aliphatic rings. The number of carbonyl (C=O) groups excluding carboxylic acids is 1. The van der Waals surface area contributed by atoms with Gasteiger partial charge in [0, 0.05) is 11.6 Å². The van der Waals surface area contributed by atoms with Crippen molar-refractivity contribution in [3.8, 4) is 0 Å². The van der Waals surface area contributed by atoms with E-state index in [1.807, 2.05) is 45.9 Å². The van der Waals surface area contributed by atoms with Crippen molar-refractivity contribution in [3.05, 3.63) is 59.2 Å². The van der Waals surface area contributed by atoms with Crippen LogP contribution < -0.4 is 10.0 Å². The number of hydrogen-bond acceptors (Lipinski definition) is 3. The van der Waals surface area contributed by atoms with Crippen molar-refractivity contribution in [2.75, 3.05) is 4.72 Å². The second-order valence-electron chi connectivity index (χ2n) is 6.57. The van der Waals surface area contributed by atoms with Crippen LogP contribution in [0.2, 0.25) is 0 Å². The van der Waals surface area contributed by atoms with Gasteiger partial charge in [0.15, 0.2) is 0 Å². The molecule has 0 radical (unpaired) electrons. The summed E-state index contributed by atoms with van der Waals surface area (Å²) in [6.07, 6.45) is 2.31. The molecule has 1 unspecified atom stereocenters. The highest BCUT2D eigenvalue weighted by atomic mass is 32.2. The Morgan fingerprint density at radius 2 is 1.52 bits per heavy atom. The summed E-state index contributed by atoms with van der Waals surface area (Å²) in [4.78, 5) is 12.3. The van der Waals surface area contributed by atoms with E-state index in [9.17, 15) is 13.2 Å². The molecule has 0 fully saturated rings. The number of benzene rings is 2. The number of amides is 1. The minimum atomic E-state index is -3.73. The molecule has 0 aliphatic heterocycles. The molecule has 2 aromatic carbocycles. The Morgan fingerprint density at radius 1 is 0.963 bits per heavy atom. The van der Waals surface area contributed by atoms with Crippen LogP contribution in [0.3, 0.4) is 0 Å². The normalized spacial score (nSPS) is 12.4. The van der Waals surface area contributed by atoms with E-state index in [1.54, 1.807) is 12.1 Å². The number of rotatable bonds is 8. The Hall–Kier alpha value is -2.34. The van der Waals surface area contributed by atoms with Crippen molar-refractivity contribution in [2.45, 2.75) is 57.9 Å². The highest BCUT2D eigenvalue weighted by molar-refractivity contribution is 7.92. The molecule has 1 amide bonds. The first-order chi connectivity index (χ1) is 12.8. The number of nitrogens with one attached hydrogen (secondary N) is 2. The number of carbonyl (C=O) groups is 1. The van der Waals surface area contributed by atoms with Crippen molar-refractivity contribution in [1.82, 2.24) is 5.32 Å². The quantitative estimate of drug-likeness (QED) is 0.714. The molecule has 6 heteroatoms. The fraction of sp³-hybridized carbons (Fsp3) is 0.381. The van der Waals surface area contributed by atoms with E-state index in [1.165, 1.54) is 12.1 Å². The van der Waals surface area contributed by atoms with Gasteiger partial charge in [0.1, 0.15) is 0 Å². The second kappa shape index (κ2) is 9.04. The molecule has 1 atom stereocenters. The number of sulfonamides is 1. The maximum atomic E-state index is 12.8. The van der Waals surface area contributed by atoms with Crippen LogP contribution in [0.5, 0.6) is 0 Å². The molecular formula is C21H28N2O3S. The first-order valence-electron chi connectivity index (χ1n) is 9.36. The summed E-state index contributed by atoms with van der Waals surface area (Å²) in [6.45, 7) is 7.91. The van der Waals surface area contributed by atoms with Crippen LogP contribution in [0.25, 0.3) is 0 Å². The van der Waals surface area contributed by atoms with Gasteiger partial charge in [-0.3, -0.25) is 9.52 Å². The van der Waals surface area contributed by atoms with Crippen LogP contribution in [0.1, 0.15) is 55.6 Å². The summed E-state index contributed by atoms with van der Waals surface area (Å²) < 4.78 is 28.4. The van der Waals surface area contributed by atoms with E-state index in [0.717, 1.165) is 30.4 Å². The van der Waals surface area contributed by atoms with Gasteiger partial charge in [-0.1, -0.05) is 39.0 Å². The van der Waals surface area contributed by atoms with Crippen LogP contribution >= 0.6 is 0 Å². The van der Waals surface area contributed by atoms with E-state index >= 15 is 0 Å². The zero-order valence-corrected chi connectivity index (χ0v) is 17.2. The monoisotopic (exact) mass is 388 g/mol. The van der Waals surface area contributed by atoms with Crippen molar-refractivity contribution in [3.63, 3.8) is 0 Å². The lowest BCUT2D eigenvalue weighted by Crippen LogP contribution is -2.31. The Kier molecular flexibility index (Phi) is 7.02. The number of anilines is 1. The van der Waals surface area contributed by atoms with Crippen molar-refractivity contribution in [2.24, 2.45) is 0 Å². The third-order valence-electron chi connectivity index (χ3n) is 4.65. The second-order valence-corrected chi connectivity index (χ2v) is 8.25. The lowest BCUT2D eigenvalue weighted by Gasteiger charge is -2.16. The fourth-order valence-corrected chi connectivity index (χ4v) is 3.90. The molecule has 27 heavy (non-hydrogen) atoms. The highest BCUT2D eigenvalue weighted by Crippen LogP contribution is 2.26. The largest absolute Gasteiger partial charge is 0.350 e. The van der Waals surface area contributed by atoms with Crippen LogP contribution in [0, 0.1) is 0 Å². The van der Waals surface area contributed by atoms with E-state index < -0.39 is 10.0 Å².